The highest BCUT2D eigenvalue weighted by atomic mass is 15.0. The van der Waals surface area contributed by atoms with Gasteiger partial charge in [0.05, 0.1) is 0 Å². The first-order valence-electron chi connectivity index (χ1n) is 8.77. The van der Waals surface area contributed by atoms with Gasteiger partial charge in [0.15, 0.2) is 5.82 Å². The Morgan fingerprint density at radius 2 is 2.00 bits per heavy atom. The van der Waals surface area contributed by atoms with Gasteiger partial charge >= 0.3 is 0 Å². The Bertz CT molecular complexity index is 791. The highest BCUT2D eigenvalue weighted by molar-refractivity contribution is 5.95. The van der Waals surface area contributed by atoms with Crippen molar-refractivity contribution in [2.75, 3.05) is 5.32 Å². The topological polar surface area (TPSA) is 74.0 Å². The number of hydrogen-bond acceptors (Lipinski definition) is 5. The minimum absolute atomic E-state index is 0.340. The average molecular weight is 321 g/mol. The predicted molar refractivity (Wildman–Crippen MR) is 97.8 cm³/mol. The molecule has 3 rings (SSSR count). The molecule has 1 aliphatic carbocycles. The van der Waals surface area contributed by atoms with Crippen LogP contribution < -0.4 is 5.32 Å². The molecule has 5 nitrogen and oxygen atoms in total. The molecule has 2 aromatic rings. The van der Waals surface area contributed by atoms with Gasteiger partial charge in [-0.2, -0.15) is 5.26 Å². The van der Waals surface area contributed by atoms with Crippen LogP contribution in [0, 0.1) is 11.3 Å². The van der Waals surface area contributed by atoms with Gasteiger partial charge in [0.25, 0.3) is 0 Å². The molecule has 0 aliphatic heterocycles. The minimum atomic E-state index is 0.340. The Labute approximate surface area is 142 Å². The van der Waals surface area contributed by atoms with Crippen LogP contribution in [-0.2, 0) is 0 Å². The normalized spacial score (nSPS) is 14.2. The maximum atomic E-state index is 9.23. The minimum Gasteiger partial charge on any atom is -0.367 e. The van der Waals surface area contributed by atoms with E-state index in [1.807, 2.05) is 6.07 Å². The average Bonchev–Trinajstić information content (AvgIpc) is 3.12. The van der Waals surface area contributed by atoms with Gasteiger partial charge in [0, 0.05) is 28.7 Å². The number of nitriles is 1. The van der Waals surface area contributed by atoms with Crippen molar-refractivity contribution in [2.24, 2.45) is 4.99 Å². The van der Waals surface area contributed by atoms with Crippen molar-refractivity contribution < 1.29 is 0 Å². The van der Waals surface area contributed by atoms with Crippen LogP contribution in [0.4, 0.5) is 11.6 Å². The number of rotatable bonds is 5. The maximum absolute atomic E-state index is 9.23. The molecule has 2 aromatic heterocycles. The Balaban J connectivity index is 2.05. The molecule has 1 aliphatic rings. The molecule has 1 N–H and O–H groups in total. The van der Waals surface area contributed by atoms with E-state index in [9.17, 15) is 5.26 Å². The van der Waals surface area contributed by atoms with Crippen LogP contribution in [0.2, 0.25) is 0 Å². The predicted octanol–water partition coefficient (Wildman–Crippen LogP) is 4.75. The summed E-state index contributed by atoms with van der Waals surface area (Å²) in [6.45, 7) is 4.30. The Morgan fingerprint density at radius 3 is 2.67 bits per heavy atom. The first-order chi connectivity index (χ1) is 11.7. The lowest BCUT2D eigenvalue weighted by molar-refractivity contribution is 0.669. The van der Waals surface area contributed by atoms with Crippen molar-refractivity contribution >= 4 is 28.1 Å². The van der Waals surface area contributed by atoms with E-state index in [-0.39, 0.29) is 0 Å². The van der Waals surface area contributed by atoms with Crippen molar-refractivity contribution in [2.45, 2.75) is 58.4 Å². The molecule has 124 valence electrons. The van der Waals surface area contributed by atoms with Gasteiger partial charge in [0.2, 0.25) is 0 Å². The fourth-order valence-electron chi connectivity index (χ4n) is 3.11. The molecule has 0 spiro atoms. The molecule has 0 atom stereocenters. The standard InChI is InChI=1S/C19H23N5/c1-3-14(4-2)23-19-17-10-18(22-15-7-5-6-8-15)21-12-13(17)9-16(11-20)24-19/h9-10,12,14H,3-8H2,1-2H3,(H,23,24). The molecule has 1 fully saturated rings. The van der Waals surface area contributed by atoms with E-state index in [1.165, 1.54) is 18.6 Å². The lowest BCUT2D eigenvalue weighted by Crippen LogP contribution is -2.18. The second-order valence-electron chi connectivity index (χ2n) is 6.27. The SMILES string of the molecule is CCC(CC)Nc1nc(C#N)cc2cnc(N=C3CCCC3)cc12. The van der Waals surface area contributed by atoms with Gasteiger partial charge in [-0.1, -0.05) is 13.8 Å². The molecule has 0 unspecified atom stereocenters. The molecule has 0 aromatic carbocycles. The number of aromatic nitrogens is 2. The number of fused-ring (bicyclic) bond motifs is 1. The van der Waals surface area contributed by atoms with E-state index >= 15 is 0 Å². The van der Waals surface area contributed by atoms with Crippen LogP contribution in [0.25, 0.3) is 10.8 Å². The number of pyridine rings is 2. The van der Waals surface area contributed by atoms with E-state index in [0.717, 1.165) is 48.1 Å². The van der Waals surface area contributed by atoms with Gasteiger partial charge < -0.3 is 5.32 Å². The van der Waals surface area contributed by atoms with Crippen LogP contribution in [0.3, 0.4) is 0 Å². The summed E-state index contributed by atoms with van der Waals surface area (Å²) in [4.78, 5) is 13.6. The van der Waals surface area contributed by atoms with Crippen molar-refractivity contribution in [1.82, 2.24) is 9.97 Å². The lowest BCUT2D eigenvalue weighted by atomic mass is 10.1. The molecule has 1 saturated carbocycles. The number of nitrogens with zero attached hydrogens (tertiary/aromatic N) is 4. The van der Waals surface area contributed by atoms with Gasteiger partial charge in [-0.15, -0.1) is 0 Å². The monoisotopic (exact) mass is 321 g/mol. The van der Waals surface area contributed by atoms with Gasteiger partial charge in [-0.05, 0) is 50.7 Å². The first kappa shape index (κ1) is 16.4. The summed E-state index contributed by atoms with van der Waals surface area (Å²) < 4.78 is 0. The zero-order valence-corrected chi connectivity index (χ0v) is 14.3. The molecule has 0 bridgehead atoms. The summed E-state index contributed by atoms with van der Waals surface area (Å²) in [7, 11) is 0. The van der Waals surface area contributed by atoms with Crippen LogP contribution in [0.5, 0.6) is 0 Å². The fourth-order valence-corrected chi connectivity index (χ4v) is 3.11. The molecule has 24 heavy (non-hydrogen) atoms. The zero-order valence-electron chi connectivity index (χ0n) is 14.3. The molecule has 0 radical (unpaired) electrons. The second kappa shape index (κ2) is 7.39. The molecular weight excluding hydrogens is 298 g/mol. The summed E-state index contributed by atoms with van der Waals surface area (Å²) in [5.41, 5.74) is 1.64. The number of anilines is 1. The Hall–Kier alpha value is -2.48. The van der Waals surface area contributed by atoms with E-state index in [4.69, 9.17) is 4.99 Å². The van der Waals surface area contributed by atoms with Crippen molar-refractivity contribution in [3.05, 3.63) is 24.0 Å². The number of nitrogens with one attached hydrogen (secondary N) is 1. The van der Waals surface area contributed by atoms with Crippen molar-refractivity contribution in [3.8, 4) is 6.07 Å². The third-order valence-electron chi connectivity index (χ3n) is 4.59. The van der Waals surface area contributed by atoms with Crippen molar-refractivity contribution in [3.63, 3.8) is 0 Å². The lowest BCUT2D eigenvalue weighted by Gasteiger charge is -2.17. The van der Waals surface area contributed by atoms with Gasteiger partial charge in [-0.3, -0.25) is 0 Å². The third-order valence-corrected chi connectivity index (χ3v) is 4.59. The van der Waals surface area contributed by atoms with E-state index in [0.29, 0.717) is 11.7 Å². The molecular formula is C19H23N5. The van der Waals surface area contributed by atoms with Crippen LogP contribution in [-0.4, -0.2) is 21.7 Å². The van der Waals surface area contributed by atoms with E-state index in [2.05, 4.69) is 35.2 Å². The smallest absolute Gasteiger partial charge is 0.152 e. The Kier molecular flexibility index (Phi) is 5.05. The van der Waals surface area contributed by atoms with E-state index in [1.54, 1.807) is 12.3 Å². The van der Waals surface area contributed by atoms with Crippen molar-refractivity contribution in [1.29, 1.82) is 5.26 Å². The zero-order chi connectivity index (χ0) is 16.9. The van der Waals surface area contributed by atoms with Gasteiger partial charge in [0.1, 0.15) is 17.6 Å². The van der Waals surface area contributed by atoms with Crippen LogP contribution in [0.1, 0.15) is 58.1 Å². The summed E-state index contributed by atoms with van der Waals surface area (Å²) >= 11 is 0. The van der Waals surface area contributed by atoms with Crippen LogP contribution >= 0.6 is 0 Å². The van der Waals surface area contributed by atoms with E-state index < -0.39 is 0 Å². The number of hydrogen-bond donors (Lipinski definition) is 1. The fraction of sp³-hybridized carbons (Fsp3) is 0.474. The largest absolute Gasteiger partial charge is 0.367 e. The number of aliphatic imine (C=N–C) groups is 1. The van der Waals surface area contributed by atoms with Gasteiger partial charge in [-0.25, -0.2) is 15.0 Å². The Morgan fingerprint density at radius 1 is 1.25 bits per heavy atom. The highest BCUT2D eigenvalue weighted by Gasteiger charge is 2.12. The van der Waals surface area contributed by atoms with Crippen LogP contribution in [0.15, 0.2) is 23.3 Å². The molecule has 0 saturated heterocycles. The summed E-state index contributed by atoms with van der Waals surface area (Å²) in [6.07, 6.45) is 8.41. The first-order valence-corrected chi connectivity index (χ1v) is 8.77. The third kappa shape index (κ3) is 3.53. The summed E-state index contributed by atoms with van der Waals surface area (Å²) in [6, 6.07) is 6.25. The summed E-state index contributed by atoms with van der Waals surface area (Å²) in [5.74, 6) is 1.49. The molecule has 2 heterocycles. The second-order valence-corrected chi connectivity index (χ2v) is 6.27. The quantitative estimate of drug-likeness (QED) is 0.862. The maximum Gasteiger partial charge on any atom is 0.152 e. The summed E-state index contributed by atoms with van der Waals surface area (Å²) in [5, 5.41) is 14.6. The highest BCUT2D eigenvalue weighted by Crippen LogP contribution is 2.28. The molecule has 0 amide bonds. The molecule has 5 heteroatoms.